The second-order valence-corrected chi connectivity index (χ2v) is 5.96. The summed E-state index contributed by atoms with van der Waals surface area (Å²) in [5.41, 5.74) is 1.96. The number of hydrogen-bond donors (Lipinski definition) is 2. The molecule has 1 aromatic carbocycles. The van der Waals surface area contributed by atoms with E-state index in [9.17, 15) is 4.39 Å². The third-order valence-corrected chi connectivity index (χ3v) is 4.23. The zero-order valence-electron chi connectivity index (χ0n) is 15.6. The fourth-order valence-electron chi connectivity index (χ4n) is 2.72. The van der Waals surface area contributed by atoms with Gasteiger partial charge in [0, 0.05) is 25.6 Å². The molecule has 0 saturated carbocycles. The SMILES string of the molecule is CCC(CC)c1cc(CNC(=NC)NCCc2cccc(F)c2)on1.I. The number of nitrogens with one attached hydrogen (secondary N) is 2. The van der Waals surface area contributed by atoms with Crippen LogP contribution in [0.5, 0.6) is 0 Å². The van der Waals surface area contributed by atoms with E-state index in [2.05, 4.69) is 34.6 Å². The van der Waals surface area contributed by atoms with Gasteiger partial charge in [0.05, 0.1) is 12.2 Å². The van der Waals surface area contributed by atoms with Crippen LogP contribution in [0.15, 0.2) is 39.8 Å². The molecule has 0 aliphatic carbocycles. The second kappa shape index (κ2) is 11.9. The van der Waals surface area contributed by atoms with Crippen LogP contribution in [0.1, 0.15) is 49.6 Å². The molecule has 0 spiro atoms. The molecule has 144 valence electrons. The molecule has 0 amide bonds. The third kappa shape index (κ3) is 6.93. The molecule has 1 aromatic heterocycles. The number of nitrogens with zero attached hydrogens (tertiary/aromatic N) is 2. The molecule has 7 heteroatoms. The fourth-order valence-corrected chi connectivity index (χ4v) is 2.72. The highest BCUT2D eigenvalue weighted by atomic mass is 127. The van der Waals surface area contributed by atoms with Crippen LogP contribution < -0.4 is 10.6 Å². The summed E-state index contributed by atoms with van der Waals surface area (Å²) in [6.45, 7) is 5.50. The lowest BCUT2D eigenvalue weighted by Crippen LogP contribution is -2.37. The van der Waals surface area contributed by atoms with Gasteiger partial charge >= 0.3 is 0 Å². The number of benzene rings is 1. The number of aliphatic imine (C=N–C) groups is 1. The van der Waals surface area contributed by atoms with Gasteiger partial charge in [-0.25, -0.2) is 4.39 Å². The van der Waals surface area contributed by atoms with Crippen LogP contribution in [-0.2, 0) is 13.0 Å². The van der Waals surface area contributed by atoms with E-state index in [-0.39, 0.29) is 29.8 Å². The minimum atomic E-state index is -0.210. The molecular formula is C19H28FIN4O. The van der Waals surface area contributed by atoms with Gasteiger partial charge in [0.2, 0.25) is 0 Å². The van der Waals surface area contributed by atoms with E-state index in [1.165, 1.54) is 6.07 Å². The maximum atomic E-state index is 13.2. The monoisotopic (exact) mass is 474 g/mol. The minimum Gasteiger partial charge on any atom is -0.359 e. The van der Waals surface area contributed by atoms with Crippen molar-refractivity contribution in [2.45, 2.75) is 45.6 Å². The standard InChI is InChI=1S/C19H27FN4O.HI/c1-4-15(5-2)18-12-17(25-24-18)13-23-19(21-3)22-10-9-14-7-6-8-16(20)11-14;/h6-8,11-12,15H,4-5,9-10,13H2,1-3H3,(H2,21,22,23);1H. The minimum absolute atomic E-state index is 0. The Morgan fingerprint density at radius 2 is 2.00 bits per heavy atom. The van der Waals surface area contributed by atoms with E-state index < -0.39 is 0 Å². The van der Waals surface area contributed by atoms with E-state index >= 15 is 0 Å². The molecular weight excluding hydrogens is 446 g/mol. The summed E-state index contributed by atoms with van der Waals surface area (Å²) in [6.07, 6.45) is 2.83. The highest BCUT2D eigenvalue weighted by molar-refractivity contribution is 14.0. The molecule has 0 fully saturated rings. The Balaban J connectivity index is 0.00000338. The van der Waals surface area contributed by atoms with Crippen LogP contribution in [0.4, 0.5) is 4.39 Å². The van der Waals surface area contributed by atoms with Gasteiger partial charge in [0.25, 0.3) is 0 Å². The quantitative estimate of drug-likeness (QED) is 0.341. The summed E-state index contributed by atoms with van der Waals surface area (Å²) >= 11 is 0. The summed E-state index contributed by atoms with van der Waals surface area (Å²) in [6, 6.07) is 8.63. The summed E-state index contributed by atoms with van der Waals surface area (Å²) in [5, 5.41) is 10.6. The molecule has 0 saturated heterocycles. The number of aromatic nitrogens is 1. The Kier molecular flexibility index (Phi) is 10.2. The van der Waals surface area contributed by atoms with Gasteiger partial charge in [-0.2, -0.15) is 0 Å². The van der Waals surface area contributed by atoms with Crippen LogP contribution in [0, 0.1) is 5.82 Å². The second-order valence-electron chi connectivity index (χ2n) is 5.96. The Hall–Kier alpha value is -1.64. The van der Waals surface area contributed by atoms with E-state index in [4.69, 9.17) is 4.52 Å². The molecule has 0 bridgehead atoms. The summed E-state index contributed by atoms with van der Waals surface area (Å²) < 4.78 is 18.6. The van der Waals surface area contributed by atoms with Crippen LogP contribution in [0.25, 0.3) is 0 Å². The molecule has 26 heavy (non-hydrogen) atoms. The Bertz CT molecular complexity index is 686. The third-order valence-electron chi connectivity index (χ3n) is 4.23. The van der Waals surface area contributed by atoms with Crippen molar-refractivity contribution in [3.63, 3.8) is 0 Å². The highest BCUT2D eigenvalue weighted by Gasteiger charge is 2.13. The van der Waals surface area contributed by atoms with E-state index in [1.807, 2.05) is 12.1 Å². The molecule has 2 N–H and O–H groups in total. The van der Waals surface area contributed by atoms with Gasteiger partial charge in [-0.15, -0.1) is 24.0 Å². The average Bonchev–Trinajstić information content (AvgIpc) is 3.08. The lowest BCUT2D eigenvalue weighted by Gasteiger charge is -2.10. The Morgan fingerprint density at radius 1 is 1.23 bits per heavy atom. The van der Waals surface area contributed by atoms with Crippen molar-refractivity contribution in [1.82, 2.24) is 15.8 Å². The van der Waals surface area contributed by atoms with Crippen LogP contribution >= 0.6 is 24.0 Å². The largest absolute Gasteiger partial charge is 0.359 e. The topological polar surface area (TPSA) is 62.5 Å². The predicted molar refractivity (Wildman–Crippen MR) is 114 cm³/mol. The van der Waals surface area contributed by atoms with Crippen molar-refractivity contribution in [3.05, 3.63) is 53.2 Å². The zero-order valence-corrected chi connectivity index (χ0v) is 17.9. The molecule has 0 aliphatic heterocycles. The zero-order chi connectivity index (χ0) is 18.1. The van der Waals surface area contributed by atoms with Crippen molar-refractivity contribution in [2.24, 2.45) is 4.99 Å². The Labute approximate surface area is 171 Å². The summed E-state index contributed by atoms with van der Waals surface area (Å²) in [5.74, 6) is 1.70. The van der Waals surface area contributed by atoms with Crippen LogP contribution in [0.3, 0.4) is 0 Å². The van der Waals surface area contributed by atoms with Crippen LogP contribution in [0.2, 0.25) is 0 Å². The fraction of sp³-hybridized carbons (Fsp3) is 0.474. The summed E-state index contributed by atoms with van der Waals surface area (Å²) in [4.78, 5) is 4.18. The lowest BCUT2D eigenvalue weighted by atomic mass is 9.99. The van der Waals surface area contributed by atoms with Gasteiger partial charge in [-0.05, 0) is 37.0 Å². The maximum Gasteiger partial charge on any atom is 0.191 e. The smallest absolute Gasteiger partial charge is 0.191 e. The first-order chi connectivity index (χ1) is 12.2. The van der Waals surface area contributed by atoms with Crippen LogP contribution in [-0.4, -0.2) is 24.7 Å². The number of halogens is 2. The van der Waals surface area contributed by atoms with Crippen molar-refractivity contribution in [3.8, 4) is 0 Å². The Morgan fingerprint density at radius 3 is 2.65 bits per heavy atom. The first kappa shape index (κ1) is 22.4. The van der Waals surface area contributed by atoms with Crippen molar-refractivity contribution < 1.29 is 8.91 Å². The van der Waals surface area contributed by atoms with E-state index in [1.54, 1.807) is 19.2 Å². The number of guanidine groups is 1. The van der Waals surface area contributed by atoms with E-state index in [0.717, 1.165) is 36.3 Å². The predicted octanol–water partition coefficient (Wildman–Crippen LogP) is 4.24. The molecule has 0 unspecified atom stereocenters. The van der Waals surface area contributed by atoms with Gasteiger partial charge in [0.1, 0.15) is 5.82 Å². The van der Waals surface area contributed by atoms with Gasteiger partial charge in [-0.1, -0.05) is 31.1 Å². The van der Waals surface area contributed by atoms with Crippen molar-refractivity contribution in [1.29, 1.82) is 0 Å². The normalized spacial score (nSPS) is 11.3. The lowest BCUT2D eigenvalue weighted by molar-refractivity contribution is 0.368. The van der Waals surface area contributed by atoms with Gasteiger partial charge in [-0.3, -0.25) is 4.99 Å². The molecule has 2 rings (SSSR count). The van der Waals surface area contributed by atoms with Gasteiger partial charge < -0.3 is 15.2 Å². The molecule has 0 radical (unpaired) electrons. The first-order valence-electron chi connectivity index (χ1n) is 8.80. The molecule has 0 aliphatic rings. The first-order valence-corrected chi connectivity index (χ1v) is 8.80. The van der Waals surface area contributed by atoms with Crippen molar-refractivity contribution >= 4 is 29.9 Å². The van der Waals surface area contributed by atoms with Crippen molar-refractivity contribution in [2.75, 3.05) is 13.6 Å². The number of hydrogen-bond acceptors (Lipinski definition) is 3. The molecule has 5 nitrogen and oxygen atoms in total. The van der Waals surface area contributed by atoms with E-state index in [0.29, 0.717) is 25.0 Å². The molecule has 1 heterocycles. The maximum absolute atomic E-state index is 13.2. The average molecular weight is 474 g/mol. The summed E-state index contributed by atoms with van der Waals surface area (Å²) in [7, 11) is 1.72. The molecule has 0 atom stereocenters. The van der Waals surface area contributed by atoms with Gasteiger partial charge in [0.15, 0.2) is 11.7 Å². The molecule has 2 aromatic rings. The highest BCUT2D eigenvalue weighted by Crippen LogP contribution is 2.22. The number of rotatable bonds is 8.